The molecule has 0 aromatic heterocycles. The summed E-state index contributed by atoms with van der Waals surface area (Å²) >= 11 is 0. The van der Waals surface area contributed by atoms with Crippen LogP contribution in [-0.4, -0.2) is 54.0 Å². The van der Waals surface area contributed by atoms with Crippen molar-refractivity contribution in [2.45, 2.75) is 34.6 Å². The predicted molar refractivity (Wildman–Crippen MR) is 81.9 cm³/mol. The highest BCUT2D eigenvalue weighted by molar-refractivity contribution is 6.32. The first-order valence-electron chi connectivity index (χ1n) is 7.45. The van der Waals surface area contributed by atoms with Gasteiger partial charge in [-0.05, 0) is 18.8 Å². The van der Waals surface area contributed by atoms with Crippen LogP contribution in [0.25, 0.3) is 0 Å². The van der Waals surface area contributed by atoms with E-state index in [1.54, 1.807) is 6.92 Å². The molecule has 0 radical (unpaired) electrons. The van der Waals surface area contributed by atoms with E-state index in [4.69, 9.17) is 5.84 Å². The van der Waals surface area contributed by atoms with Gasteiger partial charge in [0.2, 0.25) is 0 Å². The number of esters is 1. The van der Waals surface area contributed by atoms with E-state index in [1.165, 1.54) is 5.01 Å². The average molecular weight is 316 g/mol. The summed E-state index contributed by atoms with van der Waals surface area (Å²) in [5.74, 6) is 3.76. The average Bonchev–Trinajstić information content (AvgIpc) is 2.35. The van der Waals surface area contributed by atoms with E-state index in [0.717, 1.165) is 5.01 Å². The molecule has 0 aromatic carbocycles. The number of hydrogen-bond acceptors (Lipinski definition) is 6. The third-order valence-electron chi connectivity index (χ3n) is 2.45. The Balaban J connectivity index is 4.67. The molecule has 22 heavy (non-hydrogen) atoms. The lowest BCUT2D eigenvalue weighted by Crippen LogP contribution is -2.54. The number of hydrogen-bond donors (Lipinski definition) is 2. The van der Waals surface area contributed by atoms with Gasteiger partial charge in [-0.15, -0.1) is 0 Å². The minimum atomic E-state index is -0.991. The van der Waals surface area contributed by atoms with E-state index in [1.807, 2.05) is 27.7 Å². The van der Waals surface area contributed by atoms with Gasteiger partial charge in [0.25, 0.3) is 5.91 Å². The molecule has 2 amide bonds. The first-order chi connectivity index (χ1) is 10.2. The third kappa shape index (κ3) is 8.58. The van der Waals surface area contributed by atoms with Gasteiger partial charge in [0.1, 0.15) is 0 Å². The summed E-state index contributed by atoms with van der Waals surface area (Å²) < 4.78 is 4.66. The maximum Gasteiger partial charge on any atom is 0.398 e. The number of hydrazine groups is 2. The Kier molecular flexibility index (Phi) is 9.35. The number of nitrogens with one attached hydrogen (secondary N) is 1. The molecule has 3 N–H and O–H groups in total. The monoisotopic (exact) mass is 316 g/mol. The number of carbonyl (C=O) groups excluding carboxylic acids is 3. The number of nitrogens with zero attached hydrogens (tertiary/aromatic N) is 2. The van der Waals surface area contributed by atoms with E-state index < -0.39 is 17.8 Å². The SMILES string of the molecule is CCOC(=O)C(=O)N(CC(C)C)NC(=O)CN(N)CC(C)C. The van der Waals surface area contributed by atoms with Crippen molar-refractivity contribution in [3.8, 4) is 0 Å². The molecule has 0 spiro atoms. The Hall–Kier alpha value is -1.67. The zero-order chi connectivity index (χ0) is 17.3. The number of nitrogens with two attached hydrogens (primary N) is 1. The number of carbonyl (C=O) groups is 3. The zero-order valence-electron chi connectivity index (χ0n) is 14.1. The Morgan fingerprint density at radius 2 is 1.64 bits per heavy atom. The van der Waals surface area contributed by atoms with Gasteiger partial charge in [0.05, 0.1) is 13.2 Å². The van der Waals surface area contributed by atoms with Crippen LogP contribution in [0.5, 0.6) is 0 Å². The summed E-state index contributed by atoms with van der Waals surface area (Å²) in [5.41, 5.74) is 2.41. The van der Waals surface area contributed by atoms with E-state index in [2.05, 4.69) is 10.2 Å². The molecular formula is C14H28N4O4. The van der Waals surface area contributed by atoms with Crippen LogP contribution in [0.15, 0.2) is 0 Å². The molecule has 0 aliphatic heterocycles. The second-order valence-electron chi connectivity index (χ2n) is 5.89. The topological polar surface area (TPSA) is 105 Å². The van der Waals surface area contributed by atoms with Crippen LogP contribution in [0.3, 0.4) is 0 Å². The van der Waals surface area contributed by atoms with E-state index >= 15 is 0 Å². The standard InChI is InChI=1S/C14H28N4O4/c1-6-22-14(21)13(20)18(8-11(4)5)16-12(19)9-17(15)7-10(2)3/h10-11H,6-9,15H2,1-5H3,(H,16,19). The van der Waals surface area contributed by atoms with Crippen LogP contribution in [0.1, 0.15) is 34.6 Å². The molecule has 0 unspecified atom stereocenters. The number of rotatable bonds is 7. The van der Waals surface area contributed by atoms with Crippen molar-refractivity contribution in [1.82, 2.24) is 15.4 Å². The Morgan fingerprint density at radius 1 is 1.09 bits per heavy atom. The lowest BCUT2D eigenvalue weighted by molar-refractivity contribution is -0.163. The van der Waals surface area contributed by atoms with Crippen LogP contribution >= 0.6 is 0 Å². The second-order valence-corrected chi connectivity index (χ2v) is 5.89. The highest BCUT2D eigenvalue weighted by Gasteiger charge is 2.25. The Bertz CT molecular complexity index is 385. The molecule has 0 atom stereocenters. The summed E-state index contributed by atoms with van der Waals surface area (Å²) in [6.45, 7) is 10.1. The highest BCUT2D eigenvalue weighted by Crippen LogP contribution is 1.99. The van der Waals surface area contributed by atoms with E-state index in [9.17, 15) is 14.4 Å². The first kappa shape index (κ1) is 20.3. The lowest BCUT2D eigenvalue weighted by atomic mass is 10.2. The second kappa shape index (κ2) is 10.1. The van der Waals surface area contributed by atoms with Crippen LogP contribution in [-0.2, 0) is 19.1 Å². The van der Waals surface area contributed by atoms with Crippen molar-refractivity contribution in [3.63, 3.8) is 0 Å². The molecule has 0 aromatic rings. The fraction of sp³-hybridized carbons (Fsp3) is 0.786. The molecule has 0 fully saturated rings. The third-order valence-corrected chi connectivity index (χ3v) is 2.45. The van der Waals surface area contributed by atoms with Crippen molar-refractivity contribution in [2.75, 3.05) is 26.2 Å². The van der Waals surface area contributed by atoms with E-state index in [0.29, 0.717) is 12.5 Å². The quantitative estimate of drug-likeness (QED) is 0.294. The molecule has 0 rings (SSSR count). The molecule has 0 heterocycles. The maximum absolute atomic E-state index is 12.0. The molecule has 8 nitrogen and oxygen atoms in total. The lowest BCUT2D eigenvalue weighted by Gasteiger charge is -2.25. The minimum absolute atomic E-state index is 0.0666. The molecule has 0 aliphatic rings. The Labute approximate surface area is 131 Å². The van der Waals surface area contributed by atoms with Crippen LogP contribution < -0.4 is 11.3 Å². The first-order valence-corrected chi connectivity index (χ1v) is 7.45. The van der Waals surface area contributed by atoms with Gasteiger partial charge in [-0.2, -0.15) is 0 Å². The van der Waals surface area contributed by atoms with E-state index in [-0.39, 0.29) is 25.6 Å². The van der Waals surface area contributed by atoms with Crippen molar-refractivity contribution in [2.24, 2.45) is 17.7 Å². The summed E-state index contributed by atoms with van der Waals surface area (Å²) in [6.07, 6.45) is 0. The Morgan fingerprint density at radius 3 is 2.09 bits per heavy atom. The smallest absolute Gasteiger partial charge is 0.398 e. The largest absolute Gasteiger partial charge is 0.459 e. The van der Waals surface area contributed by atoms with Gasteiger partial charge in [-0.25, -0.2) is 14.8 Å². The highest BCUT2D eigenvalue weighted by atomic mass is 16.5. The van der Waals surface area contributed by atoms with Crippen LogP contribution in [0, 0.1) is 11.8 Å². The number of ether oxygens (including phenoxy) is 1. The number of amides is 2. The molecule has 128 valence electrons. The van der Waals surface area contributed by atoms with Gasteiger partial charge < -0.3 is 4.74 Å². The summed E-state index contributed by atoms with van der Waals surface area (Å²) in [4.78, 5) is 35.4. The van der Waals surface area contributed by atoms with Gasteiger partial charge in [0.15, 0.2) is 0 Å². The van der Waals surface area contributed by atoms with Crippen molar-refractivity contribution in [3.05, 3.63) is 0 Å². The molecule has 8 heteroatoms. The predicted octanol–water partition coefficient (Wildman–Crippen LogP) is -0.103. The summed E-state index contributed by atoms with van der Waals surface area (Å²) in [6, 6.07) is 0. The molecule has 0 saturated heterocycles. The van der Waals surface area contributed by atoms with Gasteiger partial charge in [-0.1, -0.05) is 27.7 Å². The summed E-state index contributed by atoms with van der Waals surface area (Å²) in [5, 5.41) is 2.34. The van der Waals surface area contributed by atoms with Crippen LogP contribution in [0.2, 0.25) is 0 Å². The summed E-state index contributed by atoms with van der Waals surface area (Å²) in [7, 11) is 0. The fourth-order valence-electron chi connectivity index (χ4n) is 1.75. The van der Waals surface area contributed by atoms with Gasteiger partial charge >= 0.3 is 11.9 Å². The molecule has 0 bridgehead atoms. The fourth-order valence-corrected chi connectivity index (χ4v) is 1.75. The van der Waals surface area contributed by atoms with Crippen molar-refractivity contribution in [1.29, 1.82) is 0 Å². The van der Waals surface area contributed by atoms with Gasteiger partial charge in [-0.3, -0.25) is 20.9 Å². The minimum Gasteiger partial charge on any atom is -0.459 e. The van der Waals surface area contributed by atoms with Crippen molar-refractivity contribution >= 4 is 17.8 Å². The molecule has 0 saturated carbocycles. The van der Waals surface area contributed by atoms with Crippen LogP contribution in [0.4, 0.5) is 0 Å². The van der Waals surface area contributed by atoms with Gasteiger partial charge in [0, 0.05) is 13.1 Å². The van der Waals surface area contributed by atoms with Crippen molar-refractivity contribution < 1.29 is 19.1 Å². The maximum atomic E-state index is 12.0. The normalized spacial score (nSPS) is 11.0. The molecule has 0 aliphatic carbocycles. The zero-order valence-corrected chi connectivity index (χ0v) is 14.1. The molecular weight excluding hydrogens is 288 g/mol.